The van der Waals surface area contributed by atoms with Gasteiger partial charge in [0.15, 0.2) is 5.13 Å². The minimum atomic E-state index is -4.84. The Kier molecular flexibility index (Phi) is 6.36. The van der Waals surface area contributed by atoms with Gasteiger partial charge in [0.25, 0.3) is 0 Å². The van der Waals surface area contributed by atoms with E-state index in [1.807, 2.05) is 22.8 Å². The van der Waals surface area contributed by atoms with Gasteiger partial charge in [-0.1, -0.05) is 24.3 Å². The highest BCUT2D eigenvalue weighted by atomic mass is 79.9. The van der Waals surface area contributed by atoms with Crippen molar-refractivity contribution in [2.45, 2.75) is 12.6 Å². The quantitative estimate of drug-likeness (QED) is 0.834. The van der Waals surface area contributed by atoms with Crippen LogP contribution in [0, 0.1) is 0 Å². The van der Waals surface area contributed by atoms with Crippen molar-refractivity contribution in [3.8, 4) is 11.3 Å². The second-order valence-corrected chi connectivity index (χ2v) is 5.16. The van der Waals surface area contributed by atoms with Crippen LogP contribution in [0.1, 0.15) is 5.56 Å². The molecule has 0 fully saturated rings. The highest BCUT2D eigenvalue weighted by Crippen LogP contribution is 2.23. The number of halogens is 4. The Labute approximate surface area is 139 Å². The molecule has 0 aliphatic carbocycles. The van der Waals surface area contributed by atoms with Gasteiger partial charge < -0.3 is 11.1 Å². The normalized spacial score (nSPS) is 10.9. The molecule has 0 saturated heterocycles. The van der Waals surface area contributed by atoms with Crippen LogP contribution in [0.2, 0.25) is 0 Å². The van der Waals surface area contributed by atoms with Gasteiger partial charge in [-0.25, -0.2) is 4.98 Å². The van der Waals surface area contributed by atoms with E-state index in [1.165, 1.54) is 11.3 Å². The Morgan fingerprint density at radius 3 is 2.41 bits per heavy atom. The molecular weight excluding hydrogens is 383 g/mol. The predicted molar refractivity (Wildman–Crippen MR) is 85.1 cm³/mol. The summed E-state index contributed by atoms with van der Waals surface area (Å²) in [6.07, 6.45) is -4.52. The third-order valence-corrected chi connectivity index (χ3v) is 3.40. The summed E-state index contributed by atoms with van der Waals surface area (Å²) in [5, 5.41) is 4.13. The van der Waals surface area contributed by atoms with Crippen LogP contribution in [-0.4, -0.2) is 23.6 Å². The lowest BCUT2D eigenvalue weighted by Gasteiger charge is -2.08. The summed E-state index contributed by atoms with van der Waals surface area (Å²) in [4.78, 5) is 14.8. The molecule has 0 aliphatic heterocycles. The maximum absolute atomic E-state index is 12.0. The number of alkyl halides is 3. The van der Waals surface area contributed by atoms with Gasteiger partial charge in [-0.2, -0.15) is 13.2 Å². The zero-order chi connectivity index (χ0) is 15.5. The van der Waals surface area contributed by atoms with Gasteiger partial charge in [0.1, 0.15) is 0 Å². The first kappa shape index (κ1) is 18.4. The molecule has 9 heteroatoms. The summed E-state index contributed by atoms with van der Waals surface area (Å²) >= 11 is 1.34. The summed E-state index contributed by atoms with van der Waals surface area (Å²) in [5.41, 5.74) is 8.01. The highest BCUT2D eigenvalue weighted by Gasteiger charge is 2.38. The summed E-state index contributed by atoms with van der Waals surface area (Å²) < 4.78 is 36.0. The van der Waals surface area contributed by atoms with Crippen LogP contribution in [0.4, 0.5) is 18.3 Å². The molecule has 120 valence electrons. The molecule has 0 atom stereocenters. The highest BCUT2D eigenvalue weighted by molar-refractivity contribution is 8.93. The summed E-state index contributed by atoms with van der Waals surface area (Å²) in [6.45, 7) is -0.0681. The van der Waals surface area contributed by atoms with E-state index in [-0.39, 0.29) is 23.5 Å². The van der Waals surface area contributed by atoms with Crippen LogP contribution in [0.15, 0.2) is 29.6 Å². The number of anilines is 1. The van der Waals surface area contributed by atoms with E-state index in [2.05, 4.69) is 4.98 Å². The van der Waals surface area contributed by atoms with Crippen LogP contribution in [0.3, 0.4) is 0 Å². The number of hydrogen-bond donors (Lipinski definition) is 2. The summed E-state index contributed by atoms with van der Waals surface area (Å²) in [7, 11) is 0. The number of benzene rings is 1. The SMILES string of the molecule is Br.Nc1nc(-c2ccc(CCNC(=O)C(F)(F)F)cc2)cs1. The van der Waals surface area contributed by atoms with Gasteiger partial charge >= 0.3 is 12.1 Å². The second-order valence-electron chi connectivity index (χ2n) is 4.27. The Balaban J connectivity index is 0.00000242. The number of thiazole rings is 1. The smallest absolute Gasteiger partial charge is 0.375 e. The van der Waals surface area contributed by atoms with Crippen LogP contribution < -0.4 is 11.1 Å². The van der Waals surface area contributed by atoms with E-state index in [4.69, 9.17) is 5.73 Å². The van der Waals surface area contributed by atoms with Crippen LogP contribution in [0.5, 0.6) is 0 Å². The maximum atomic E-state index is 12.0. The first-order valence-corrected chi connectivity index (χ1v) is 6.89. The van der Waals surface area contributed by atoms with E-state index < -0.39 is 12.1 Å². The monoisotopic (exact) mass is 395 g/mol. The number of nitrogens with one attached hydrogen (secondary N) is 1. The van der Waals surface area contributed by atoms with Gasteiger partial charge in [-0.15, -0.1) is 28.3 Å². The Bertz CT molecular complexity index is 628. The van der Waals surface area contributed by atoms with E-state index in [1.54, 1.807) is 12.1 Å². The van der Waals surface area contributed by atoms with Crippen LogP contribution in [-0.2, 0) is 11.2 Å². The molecule has 22 heavy (non-hydrogen) atoms. The Morgan fingerprint density at radius 2 is 1.91 bits per heavy atom. The van der Waals surface area contributed by atoms with Crippen molar-refractivity contribution < 1.29 is 18.0 Å². The zero-order valence-corrected chi connectivity index (χ0v) is 13.7. The number of carbonyl (C=O) groups is 1. The van der Waals surface area contributed by atoms with E-state index >= 15 is 0 Å². The fraction of sp³-hybridized carbons (Fsp3) is 0.231. The standard InChI is InChI=1S/C13H12F3N3OS.BrH/c14-13(15,16)11(20)18-6-5-8-1-3-9(4-2-8)10-7-21-12(17)19-10;/h1-4,7H,5-6H2,(H2,17,19)(H,18,20);1H. The van der Waals surface area contributed by atoms with E-state index in [0.717, 1.165) is 16.8 Å². The molecule has 0 radical (unpaired) electrons. The topological polar surface area (TPSA) is 68.0 Å². The largest absolute Gasteiger partial charge is 0.471 e. The van der Waals surface area contributed by atoms with Crippen molar-refractivity contribution in [3.63, 3.8) is 0 Å². The van der Waals surface area contributed by atoms with Gasteiger partial charge in [0.05, 0.1) is 5.69 Å². The number of nitrogen functional groups attached to an aromatic ring is 1. The fourth-order valence-corrected chi connectivity index (χ4v) is 2.26. The minimum Gasteiger partial charge on any atom is -0.375 e. The van der Waals surface area contributed by atoms with Crippen molar-refractivity contribution in [1.29, 1.82) is 0 Å². The summed E-state index contributed by atoms with van der Waals surface area (Å²) in [6, 6.07) is 7.19. The molecule has 2 rings (SSSR count). The molecule has 1 aromatic heterocycles. The first-order chi connectivity index (χ1) is 9.86. The number of rotatable bonds is 4. The van der Waals surface area contributed by atoms with Crippen molar-refractivity contribution in [3.05, 3.63) is 35.2 Å². The third kappa shape index (κ3) is 4.99. The van der Waals surface area contributed by atoms with Crippen molar-refractivity contribution in [2.24, 2.45) is 0 Å². The van der Waals surface area contributed by atoms with E-state index in [9.17, 15) is 18.0 Å². The molecule has 0 aliphatic rings. The van der Waals surface area contributed by atoms with Crippen molar-refractivity contribution in [2.75, 3.05) is 12.3 Å². The lowest BCUT2D eigenvalue weighted by molar-refractivity contribution is -0.173. The Hall–Kier alpha value is -1.61. The van der Waals surface area contributed by atoms with Gasteiger partial charge in [0.2, 0.25) is 0 Å². The lowest BCUT2D eigenvalue weighted by Crippen LogP contribution is -2.37. The second kappa shape index (κ2) is 7.59. The predicted octanol–water partition coefficient (Wildman–Crippen LogP) is 3.19. The molecule has 2 aromatic rings. The number of nitrogens with two attached hydrogens (primary N) is 1. The molecule has 4 nitrogen and oxygen atoms in total. The van der Waals surface area contributed by atoms with Crippen molar-refractivity contribution >= 4 is 39.4 Å². The molecule has 0 unspecified atom stereocenters. The lowest BCUT2D eigenvalue weighted by atomic mass is 10.1. The molecule has 0 bridgehead atoms. The van der Waals surface area contributed by atoms with Gasteiger partial charge in [-0.3, -0.25) is 4.79 Å². The van der Waals surface area contributed by atoms with Gasteiger partial charge in [0, 0.05) is 17.5 Å². The molecular formula is C13H13BrF3N3OS. The first-order valence-electron chi connectivity index (χ1n) is 6.01. The number of carbonyl (C=O) groups excluding carboxylic acids is 1. The van der Waals surface area contributed by atoms with Gasteiger partial charge in [-0.05, 0) is 12.0 Å². The average Bonchev–Trinajstić information content (AvgIpc) is 2.85. The van der Waals surface area contributed by atoms with Crippen molar-refractivity contribution in [1.82, 2.24) is 10.3 Å². The molecule has 1 amide bonds. The maximum Gasteiger partial charge on any atom is 0.471 e. The molecule has 0 spiro atoms. The molecule has 3 N–H and O–H groups in total. The minimum absolute atomic E-state index is 0. The third-order valence-electron chi connectivity index (χ3n) is 2.73. The molecule has 1 heterocycles. The average molecular weight is 396 g/mol. The van der Waals surface area contributed by atoms with E-state index in [0.29, 0.717) is 11.6 Å². The number of amides is 1. The number of hydrogen-bond acceptors (Lipinski definition) is 4. The molecule has 1 aromatic carbocycles. The zero-order valence-electron chi connectivity index (χ0n) is 11.2. The number of nitrogens with zero attached hydrogens (tertiary/aromatic N) is 1. The summed E-state index contributed by atoms with van der Waals surface area (Å²) in [5.74, 6) is -1.92. The Morgan fingerprint density at radius 1 is 1.27 bits per heavy atom. The van der Waals surface area contributed by atoms with Crippen LogP contribution >= 0.6 is 28.3 Å². The number of aromatic nitrogens is 1. The van der Waals surface area contributed by atoms with Crippen LogP contribution in [0.25, 0.3) is 11.3 Å². The fourth-order valence-electron chi connectivity index (χ4n) is 1.68. The molecule has 0 saturated carbocycles.